The van der Waals surface area contributed by atoms with Crippen LogP contribution in [-0.4, -0.2) is 28.3 Å². The van der Waals surface area contributed by atoms with Crippen LogP contribution in [0.25, 0.3) is 5.69 Å². The number of carbonyl (C=O) groups is 1. The summed E-state index contributed by atoms with van der Waals surface area (Å²) in [5.74, 6) is 0.0856. The van der Waals surface area contributed by atoms with Crippen LogP contribution in [0.3, 0.4) is 0 Å². The number of benzene rings is 1. The monoisotopic (exact) mass is 321 g/mol. The summed E-state index contributed by atoms with van der Waals surface area (Å²) in [5, 5.41) is 7.47. The van der Waals surface area contributed by atoms with Gasteiger partial charge in [0.2, 0.25) is 0 Å². The molecule has 5 nitrogen and oxygen atoms in total. The van der Waals surface area contributed by atoms with Crippen molar-refractivity contribution in [1.82, 2.24) is 15.1 Å². The molecule has 0 saturated heterocycles. The predicted molar refractivity (Wildman–Crippen MR) is 86.6 cm³/mol. The number of rotatable bonds is 7. The van der Waals surface area contributed by atoms with Crippen LogP contribution in [0.5, 0.6) is 5.88 Å². The number of halogens is 1. The molecule has 0 aliphatic carbocycles. The second-order valence-corrected chi connectivity index (χ2v) is 5.37. The number of para-hydroxylation sites is 1. The molecule has 0 saturated carbocycles. The van der Waals surface area contributed by atoms with E-state index in [-0.39, 0.29) is 11.8 Å². The Morgan fingerprint density at radius 1 is 1.41 bits per heavy atom. The maximum absolute atomic E-state index is 11.9. The van der Waals surface area contributed by atoms with Gasteiger partial charge in [0.15, 0.2) is 6.10 Å². The van der Waals surface area contributed by atoms with Crippen molar-refractivity contribution in [3.63, 3.8) is 0 Å². The fraction of sp³-hybridized carbons (Fsp3) is 0.375. The van der Waals surface area contributed by atoms with Crippen molar-refractivity contribution < 1.29 is 9.53 Å². The van der Waals surface area contributed by atoms with Crippen LogP contribution in [0.15, 0.2) is 36.5 Å². The number of hydrogen-bond donors (Lipinski definition) is 1. The van der Waals surface area contributed by atoms with Gasteiger partial charge in [-0.15, -0.1) is 5.10 Å². The zero-order valence-corrected chi connectivity index (χ0v) is 13.5. The van der Waals surface area contributed by atoms with Crippen molar-refractivity contribution in [3.8, 4) is 11.6 Å². The molecule has 0 aliphatic heterocycles. The van der Waals surface area contributed by atoms with Gasteiger partial charge in [0.05, 0.1) is 11.9 Å². The van der Waals surface area contributed by atoms with E-state index < -0.39 is 6.10 Å². The standard InChI is InChI=1S/C16H20ClN3O2/c1-3-4-10-18-15(21)12(2)22-16-14(17)11-20(19-16)13-8-6-5-7-9-13/h5-9,11-12H,3-4,10H2,1-2H3,(H,18,21). The number of nitrogens with zero attached hydrogens (tertiary/aromatic N) is 2. The summed E-state index contributed by atoms with van der Waals surface area (Å²) < 4.78 is 7.19. The van der Waals surface area contributed by atoms with E-state index in [0.29, 0.717) is 11.6 Å². The molecule has 1 atom stereocenters. The molecule has 2 rings (SSSR count). The third kappa shape index (κ3) is 4.24. The SMILES string of the molecule is CCCCNC(=O)C(C)Oc1nn(-c2ccccc2)cc1Cl. The highest BCUT2D eigenvalue weighted by atomic mass is 35.5. The van der Waals surface area contributed by atoms with Crippen LogP contribution >= 0.6 is 11.6 Å². The molecule has 1 unspecified atom stereocenters. The van der Waals surface area contributed by atoms with Gasteiger partial charge in [-0.05, 0) is 25.5 Å². The molecule has 0 spiro atoms. The van der Waals surface area contributed by atoms with Crippen molar-refractivity contribution in [2.24, 2.45) is 0 Å². The van der Waals surface area contributed by atoms with Gasteiger partial charge in [0.1, 0.15) is 5.02 Å². The minimum atomic E-state index is -0.645. The van der Waals surface area contributed by atoms with E-state index in [1.54, 1.807) is 17.8 Å². The highest BCUT2D eigenvalue weighted by molar-refractivity contribution is 6.31. The van der Waals surface area contributed by atoms with Crippen molar-refractivity contribution in [3.05, 3.63) is 41.6 Å². The Labute approximate surface area is 135 Å². The molecule has 1 aromatic carbocycles. The van der Waals surface area contributed by atoms with Gasteiger partial charge in [-0.2, -0.15) is 0 Å². The van der Waals surface area contributed by atoms with E-state index in [2.05, 4.69) is 17.3 Å². The van der Waals surface area contributed by atoms with Crippen molar-refractivity contribution in [2.45, 2.75) is 32.8 Å². The van der Waals surface area contributed by atoms with E-state index in [4.69, 9.17) is 16.3 Å². The van der Waals surface area contributed by atoms with Crippen molar-refractivity contribution in [1.29, 1.82) is 0 Å². The van der Waals surface area contributed by atoms with Crippen LogP contribution in [0.2, 0.25) is 5.02 Å². The number of carbonyl (C=O) groups excluding carboxylic acids is 1. The maximum Gasteiger partial charge on any atom is 0.260 e. The molecule has 1 amide bonds. The maximum atomic E-state index is 11.9. The minimum Gasteiger partial charge on any atom is -0.462 e. The fourth-order valence-electron chi connectivity index (χ4n) is 1.88. The molecule has 1 N–H and O–H groups in total. The van der Waals surface area contributed by atoms with Crippen LogP contribution < -0.4 is 10.1 Å². The normalized spacial score (nSPS) is 12.0. The van der Waals surface area contributed by atoms with Crippen LogP contribution in [0.1, 0.15) is 26.7 Å². The molecule has 118 valence electrons. The molecule has 22 heavy (non-hydrogen) atoms. The Morgan fingerprint density at radius 2 is 2.14 bits per heavy atom. The Hall–Kier alpha value is -2.01. The highest BCUT2D eigenvalue weighted by Gasteiger charge is 2.18. The van der Waals surface area contributed by atoms with Crippen LogP contribution in [0.4, 0.5) is 0 Å². The Balaban J connectivity index is 2.01. The van der Waals surface area contributed by atoms with Gasteiger partial charge in [-0.25, -0.2) is 4.68 Å². The number of aromatic nitrogens is 2. The fourth-order valence-corrected chi connectivity index (χ4v) is 2.06. The number of hydrogen-bond acceptors (Lipinski definition) is 3. The average Bonchev–Trinajstić information content (AvgIpc) is 2.89. The zero-order valence-electron chi connectivity index (χ0n) is 12.8. The van der Waals surface area contributed by atoms with Crippen molar-refractivity contribution >= 4 is 17.5 Å². The summed E-state index contributed by atoms with van der Waals surface area (Å²) in [6.45, 7) is 4.40. The lowest BCUT2D eigenvalue weighted by molar-refractivity contribution is -0.127. The number of nitrogens with one attached hydrogen (secondary N) is 1. The third-order valence-electron chi connectivity index (χ3n) is 3.15. The molecule has 0 bridgehead atoms. The lowest BCUT2D eigenvalue weighted by Gasteiger charge is -2.12. The molecule has 0 fully saturated rings. The van der Waals surface area contributed by atoms with E-state index in [0.717, 1.165) is 18.5 Å². The topological polar surface area (TPSA) is 56.1 Å². The molecular weight excluding hydrogens is 302 g/mol. The number of amides is 1. The zero-order chi connectivity index (χ0) is 15.9. The number of ether oxygens (including phenoxy) is 1. The number of unbranched alkanes of at least 4 members (excludes halogenated alkanes) is 1. The van der Waals surface area contributed by atoms with E-state index in [1.807, 2.05) is 30.3 Å². The van der Waals surface area contributed by atoms with Gasteiger partial charge in [-0.1, -0.05) is 43.1 Å². The minimum absolute atomic E-state index is 0.168. The first-order chi connectivity index (χ1) is 10.6. The Kier molecular flexibility index (Phi) is 5.83. The first-order valence-corrected chi connectivity index (χ1v) is 7.74. The third-order valence-corrected chi connectivity index (χ3v) is 3.41. The second-order valence-electron chi connectivity index (χ2n) is 4.97. The quantitative estimate of drug-likeness (QED) is 0.797. The smallest absolute Gasteiger partial charge is 0.260 e. The molecule has 0 aliphatic rings. The first kappa shape index (κ1) is 16.4. The Bertz CT molecular complexity index is 613. The van der Waals surface area contributed by atoms with E-state index >= 15 is 0 Å². The summed E-state index contributed by atoms with van der Waals surface area (Å²) in [5.41, 5.74) is 0.874. The first-order valence-electron chi connectivity index (χ1n) is 7.36. The molecule has 6 heteroatoms. The van der Waals surface area contributed by atoms with Crippen LogP contribution in [0, 0.1) is 0 Å². The summed E-state index contributed by atoms with van der Waals surface area (Å²) in [7, 11) is 0. The van der Waals surface area contributed by atoms with Gasteiger partial charge in [0.25, 0.3) is 11.8 Å². The van der Waals surface area contributed by atoms with E-state index in [1.165, 1.54) is 0 Å². The largest absolute Gasteiger partial charge is 0.462 e. The van der Waals surface area contributed by atoms with Gasteiger partial charge in [-0.3, -0.25) is 4.79 Å². The van der Waals surface area contributed by atoms with Crippen molar-refractivity contribution in [2.75, 3.05) is 6.54 Å². The molecular formula is C16H20ClN3O2. The van der Waals surface area contributed by atoms with E-state index in [9.17, 15) is 4.79 Å². The molecule has 2 aromatic rings. The summed E-state index contributed by atoms with van der Waals surface area (Å²) >= 11 is 6.13. The summed E-state index contributed by atoms with van der Waals surface area (Å²) in [4.78, 5) is 11.9. The lowest BCUT2D eigenvalue weighted by atomic mass is 10.3. The molecule has 0 radical (unpaired) electrons. The van der Waals surface area contributed by atoms with Gasteiger partial charge >= 0.3 is 0 Å². The molecule has 1 heterocycles. The second kappa shape index (κ2) is 7.84. The lowest BCUT2D eigenvalue weighted by Crippen LogP contribution is -2.36. The highest BCUT2D eigenvalue weighted by Crippen LogP contribution is 2.24. The predicted octanol–water partition coefficient (Wildman–Crippen LogP) is 3.21. The Morgan fingerprint density at radius 3 is 2.82 bits per heavy atom. The average molecular weight is 322 g/mol. The summed E-state index contributed by atoms with van der Waals surface area (Å²) in [6.07, 6.45) is 2.99. The molecule has 1 aromatic heterocycles. The van der Waals surface area contributed by atoms with Gasteiger partial charge in [0, 0.05) is 6.54 Å². The van der Waals surface area contributed by atoms with Crippen LogP contribution in [-0.2, 0) is 4.79 Å². The summed E-state index contributed by atoms with van der Waals surface area (Å²) in [6, 6.07) is 9.57. The van der Waals surface area contributed by atoms with Gasteiger partial charge < -0.3 is 10.1 Å².